The summed E-state index contributed by atoms with van der Waals surface area (Å²) in [6.07, 6.45) is -6.93. The number of likely N-dealkylation sites (tertiary alicyclic amines) is 1. The van der Waals surface area contributed by atoms with Crippen molar-refractivity contribution in [3.8, 4) is 0 Å². The predicted octanol–water partition coefficient (Wildman–Crippen LogP) is -1.41. The predicted molar refractivity (Wildman–Crippen MR) is 175 cm³/mol. The van der Waals surface area contributed by atoms with E-state index in [0.717, 1.165) is 4.90 Å². The van der Waals surface area contributed by atoms with E-state index in [9.17, 15) is 44.7 Å². The maximum absolute atomic E-state index is 14.9. The number of hydrogen-bond acceptors (Lipinski definition) is 11. The van der Waals surface area contributed by atoms with Gasteiger partial charge in [0.05, 0.1) is 25.3 Å². The smallest absolute Gasteiger partial charge is 0.246 e. The molecule has 7 N–H and O–H groups in total. The van der Waals surface area contributed by atoms with Crippen LogP contribution in [-0.2, 0) is 30.3 Å². The Balaban J connectivity index is 2.20. The Labute approximate surface area is 282 Å². The van der Waals surface area contributed by atoms with Crippen molar-refractivity contribution in [3.63, 3.8) is 0 Å². The molecule has 48 heavy (non-hydrogen) atoms. The fraction of sp³-hybridized carbons (Fsp3) is 0.706. The first kappa shape index (κ1) is 39.5. The third-order valence-electron chi connectivity index (χ3n) is 9.31. The topological polar surface area (TPSA) is 209 Å². The van der Waals surface area contributed by atoms with E-state index in [1.165, 1.54) is 6.92 Å². The van der Waals surface area contributed by atoms with Crippen LogP contribution in [0.4, 0.5) is 0 Å². The van der Waals surface area contributed by atoms with Crippen molar-refractivity contribution in [2.45, 2.75) is 114 Å². The Kier molecular flexibility index (Phi) is 13.7. The van der Waals surface area contributed by atoms with Crippen LogP contribution in [0, 0.1) is 11.8 Å². The highest BCUT2D eigenvalue weighted by Crippen LogP contribution is 2.46. The molecule has 0 bridgehead atoms. The summed E-state index contributed by atoms with van der Waals surface area (Å²) in [5.41, 5.74) is -1.36. The highest BCUT2D eigenvalue weighted by molar-refractivity contribution is 5.98. The van der Waals surface area contributed by atoms with Gasteiger partial charge in [0.2, 0.25) is 17.7 Å². The first-order valence-corrected chi connectivity index (χ1v) is 16.6. The van der Waals surface area contributed by atoms with Gasteiger partial charge in [0.1, 0.15) is 48.1 Å². The SMILES string of the molecule is CC(=O)N[C@@H](CC(C)C)C(=O)N[C@H](Cc1ccccc1)C(=O)N1[C@@H](CO)C[C@]2(O[C@H](CO)[C@@H](O)[C@H](O)[C@H]2O)[C@H]1C(=O)[C@H](C(C)C)N(C)C. The molecule has 2 aliphatic rings. The molecule has 2 heterocycles. The minimum Gasteiger partial charge on any atom is -0.394 e. The summed E-state index contributed by atoms with van der Waals surface area (Å²) in [6, 6.07) is 3.02. The molecule has 1 aromatic carbocycles. The van der Waals surface area contributed by atoms with Crippen LogP contribution in [0.1, 0.15) is 53.0 Å². The number of carbonyl (C=O) groups is 4. The van der Waals surface area contributed by atoms with Crippen LogP contribution in [0.2, 0.25) is 0 Å². The number of rotatable bonds is 14. The molecule has 1 aromatic rings. The molecule has 3 amide bonds. The summed E-state index contributed by atoms with van der Waals surface area (Å²) >= 11 is 0. The molecule has 14 nitrogen and oxygen atoms in total. The van der Waals surface area contributed by atoms with Gasteiger partial charge in [-0.3, -0.25) is 24.1 Å². The number of ether oxygens (including phenoxy) is 1. The molecule has 1 spiro atoms. The summed E-state index contributed by atoms with van der Waals surface area (Å²) < 4.78 is 6.15. The zero-order chi connectivity index (χ0) is 36.1. The molecule has 0 saturated carbocycles. The normalized spacial score (nSPS) is 29.3. The van der Waals surface area contributed by atoms with Crippen molar-refractivity contribution in [1.29, 1.82) is 0 Å². The summed E-state index contributed by atoms with van der Waals surface area (Å²) in [7, 11) is 3.37. The molecule has 0 unspecified atom stereocenters. The van der Waals surface area contributed by atoms with Gasteiger partial charge in [0.25, 0.3) is 0 Å². The lowest BCUT2D eigenvalue weighted by Gasteiger charge is -2.50. The van der Waals surface area contributed by atoms with E-state index in [1.54, 1.807) is 49.3 Å². The van der Waals surface area contributed by atoms with E-state index in [0.29, 0.717) is 5.56 Å². The number of nitrogens with zero attached hydrogens (tertiary/aromatic N) is 2. The minimum absolute atomic E-state index is 0.0141. The van der Waals surface area contributed by atoms with Crippen molar-refractivity contribution in [2.75, 3.05) is 27.3 Å². The van der Waals surface area contributed by atoms with Crippen LogP contribution in [-0.4, -0.2) is 146 Å². The first-order chi connectivity index (χ1) is 22.5. The summed E-state index contributed by atoms with van der Waals surface area (Å²) in [5.74, 6) is -2.65. The number of benzene rings is 1. The van der Waals surface area contributed by atoms with Gasteiger partial charge in [0.15, 0.2) is 5.78 Å². The summed E-state index contributed by atoms with van der Waals surface area (Å²) in [4.78, 5) is 58.1. The zero-order valence-electron chi connectivity index (χ0n) is 28.9. The molecule has 14 heteroatoms. The van der Waals surface area contributed by atoms with Crippen molar-refractivity contribution < 1.29 is 49.4 Å². The third-order valence-corrected chi connectivity index (χ3v) is 9.31. The van der Waals surface area contributed by atoms with Gasteiger partial charge in [-0.2, -0.15) is 0 Å². The van der Waals surface area contributed by atoms with Crippen LogP contribution in [0.5, 0.6) is 0 Å². The van der Waals surface area contributed by atoms with Crippen LogP contribution in [0.15, 0.2) is 30.3 Å². The molecular weight excluding hydrogens is 624 g/mol. The van der Waals surface area contributed by atoms with Gasteiger partial charge in [-0.25, -0.2) is 0 Å². The van der Waals surface area contributed by atoms with Gasteiger partial charge in [0, 0.05) is 19.8 Å². The molecule has 2 aliphatic heterocycles. The van der Waals surface area contributed by atoms with Crippen molar-refractivity contribution in [1.82, 2.24) is 20.4 Å². The van der Waals surface area contributed by atoms with E-state index in [2.05, 4.69) is 10.6 Å². The van der Waals surface area contributed by atoms with Gasteiger partial charge in [-0.1, -0.05) is 58.0 Å². The highest BCUT2D eigenvalue weighted by Gasteiger charge is 2.67. The van der Waals surface area contributed by atoms with Gasteiger partial charge in [-0.15, -0.1) is 0 Å². The molecule has 3 rings (SSSR count). The van der Waals surface area contributed by atoms with E-state index in [4.69, 9.17) is 4.74 Å². The fourth-order valence-corrected chi connectivity index (χ4v) is 7.31. The van der Waals surface area contributed by atoms with Crippen molar-refractivity contribution >= 4 is 23.5 Å². The Bertz CT molecular complexity index is 1250. The number of aliphatic hydroxyl groups is 5. The van der Waals surface area contributed by atoms with Crippen molar-refractivity contribution in [2.24, 2.45) is 11.8 Å². The molecule has 0 aromatic heterocycles. The van der Waals surface area contributed by atoms with Crippen molar-refractivity contribution in [3.05, 3.63) is 35.9 Å². The second-order valence-corrected chi connectivity index (χ2v) is 14.1. The first-order valence-electron chi connectivity index (χ1n) is 16.6. The lowest BCUT2D eigenvalue weighted by atomic mass is 9.75. The average Bonchev–Trinajstić information content (AvgIpc) is 3.35. The number of nitrogens with one attached hydrogen (secondary N) is 2. The number of aliphatic hydroxyl groups excluding tert-OH is 5. The molecule has 2 saturated heterocycles. The quantitative estimate of drug-likeness (QED) is 0.122. The number of Topliss-reactive ketones (excluding diaryl/α,β-unsaturated/α-hetero) is 1. The Hall–Kier alpha value is -2.98. The number of likely N-dealkylation sites (N-methyl/N-ethyl adjacent to an activating group) is 1. The largest absolute Gasteiger partial charge is 0.394 e. The second kappa shape index (κ2) is 16.6. The molecule has 2 fully saturated rings. The number of ketones is 1. The number of amides is 3. The highest BCUT2D eigenvalue weighted by atomic mass is 16.6. The maximum atomic E-state index is 14.9. The molecule has 10 atom stereocenters. The standard InChI is InChI=1S/C34H54N4O10/c1-18(2)13-23(35-20(5)41)32(46)36-24(14-21-11-9-8-10-12-21)33(47)38-22(16-39)15-34(30(38)28(43)26(19(3)4)37(6)7)31(45)29(44)27(42)25(17-40)48-34/h8-12,18-19,22-27,29-31,39-40,42,44-45H,13-17H2,1-7H3,(H,35,41)(H,36,46)/t22-,23+,24-,25-,26+,27-,29+,30-,31-,34+/m1/s1. The number of hydrogen-bond donors (Lipinski definition) is 7. The molecule has 0 aliphatic carbocycles. The van der Waals surface area contributed by atoms with Crippen LogP contribution in [0.25, 0.3) is 0 Å². The van der Waals surface area contributed by atoms with Gasteiger partial charge in [-0.05, 0) is 37.9 Å². The second-order valence-electron chi connectivity index (χ2n) is 14.1. The fourth-order valence-electron chi connectivity index (χ4n) is 7.31. The number of carbonyl (C=O) groups excluding carboxylic acids is 4. The summed E-state index contributed by atoms with van der Waals surface area (Å²) in [5, 5.41) is 59.3. The zero-order valence-corrected chi connectivity index (χ0v) is 28.9. The van der Waals surface area contributed by atoms with Gasteiger partial charge < -0.3 is 45.8 Å². The third kappa shape index (κ3) is 8.41. The van der Waals surface area contributed by atoms with E-state index >= 15 is 0 Å². The lowest BCUT2D eigenvalue weighted by Crippen LogP contribution is -2.72. The van der Waals surface area contributed by atoms with E-state index < -0.39 is 96.9 Å². The molecule has 270 valence electrons. The molecular formula is C34H54N4O10. The lowest BCUT2D eigenvalue weighted by molar-refractivity contribution is -0.277. The van der Waals surface area contributed by atoms with E-state index in [1.807, 2.05) is 27.7 Å². The van der Waals surface area contributed by atoms with Crippen LogP contribution in [0.3, 0.4) is 0 Å². The Morgan fingerprint density at radius 1 is 0.958 bits per heavy atom. The van der Waals surface area contributed by atoms with E-state index in [-0.39, 0.29) is 31.1 Å². The minimum atomic E-state index is -2.03. The monoisotopic (exact) mass is 678 g/mol. The van der Waals surface area contributed by atoms with Crippen LogP contribution >= 0.6 is 0 Å². The Morgan fingerprint density at radius 3 is 2.08 bits per heavy atom. The molecule has 0 radical (unpaired) electrons. The Morgan fingerprint density at radius 2 is 1.58 bits per heavy atom. The average molecular weight is 679 g/mol. The van der Waals surface area contributed by atoms with Gasteiger partial charge >= 0.3 is 0 Å². The summed E-state index contributed by atoms with van der Waals surface area (Å²) in [6.45, 7) is 7.24. The maximum Gasteiger partial charge on any atom is 0.246 e. The van der Waals surface area contributed by atoms with Crippen LogP contribution < -0.4 is 10.6 Å².